The predicted octanol–water partition coefficient (Wildman–Crippen LogP) is 1.64. The molecule has 0 bridgehead atoms. The number of aliphatic hydroxyl groups is 1. The average molecular weight is 154 g/mol. The van der Waals surface area contributed by atoms with E-state index in [4.69, 9.17) is 9.84 Å². The lowest BCUT2D eigenvalue weighted by Crippen LogP contribution is -1.84. The molecule has 0 aliphatic carbocycles. The van der Waals surface area contributed by atoms with Crippen LogP contribution in [0, 0.1) is 0 Å². The van der Waals surface area contributed by atoms with Gasteiger partial charge in [0.25, 0.3) is 0 Å². The third-order valence-corrected chi connectivity index (χ3v) is 1.30. The molecule has 0 aromatic heterocycles. The maximum absolute atomic E-state index is 8.70. The summed E-state index contributed by atoms with van der Waals surface area (Å²) >= 11 is 0. The van der Waals surface area contributed by atoms with Crippen LogP contribution < -0.4 is 0 Å². The number of methoxy groups -OCH3 is 1. The second-order valence-electron chi connectivity index (χ2n) is 2.09. The predicted molar refractivity (Wildman–Crippen MR) is 46.1 cm³/mol. The Hall–Kier alpha value is -1.02. The number of ether oxygens (including phenoxy) is 1. The molecule has 0 aliphatic heterocycles. The minimum Gasteiger partial charge on any atom is -0.501 e. The van der Waals surface area contributed by atoms with E-state index in [2.05, 4.69) is 6.58 Å². The Kier molecular flexibility index (Phi) is 5.21. The van der Waals surface area contributed by atoms with Gasteiger partial charge < -0.3 is 9.84 Å². The largest absolute Gasteiger partial charge is 0.501 e. The summed E-state index contributed by atoms with van der Waals surface area (Å²) in [5.74, 6) is 0.804. The van der Waals surface area contributed by atoms with Gasteiger partial charge in [0.2, 0.25) is 0 Å². The smallest absolute Gasteiger partial charge is 0.0924 e. The van der Waals surface area contributed by atoms with Gasteiger partial charge in [-0.1, -0.05) is 18.7 Å². The molecule has 2 nitrogen and oxygen atoms in total. The van der Waals surface area contributed by atoms with E-state index >= 15 is 0 Å². The fraction of sp³-hybridized carbons (Fsp3) is 0.333. The summed E-state index contributed by atoms with van der Waals surface area (Å²) in [5, 5.41) is 8.70. The van der Waals surface area contributed by atoms with Crippen molar-refractivity contribution >= 4 is 0 Å². The molecule has 0 saturated heterocycles. The second-order valence-corrected chi connectivity index (χ2v) is 2.09. The molecule has 0 saturated carbocycles. The van der Waals surface area contributed by atoms with E-state index in [0.29, 0.717) is 0 Å². The zero-order valence-electron chi connectivity index (χ0n) is 7.00. The summed E-state index contributed by atoms with van der Waals surface area (Å²) in [5.41, 5.74) is 0.779. The van der Waals surface area contributed by atoms with Gasteiger partial charge in [-0.25, -0.2) is 0 Å². The van der Waals surface area contributed by atoms with Gasteiger partial charge in [-0.3, -0.25) is 0 Å². The van der Waals surface area contributed by atoms with E-state index < -0.39 is 0 Å². The first-order valence-electron chi connectivity index (χ1n) is 3.39. The van der Waals surface area contributed by atoms with Crippen molar-refractivity contribution in [1.82, 2.24) is 0 Å². The fourth-order valence-electron chi connectivity index (χ4n) is 0.478. The van der Waals surface area contributed by atoms with Crippen molar-refractivity contribution in [3.63, 3.8) is 0 Å². The van der Waals surface area contributed by atoms with Crippen LogP contribution in [0.4, 0.5) is 0 Å². The highest BCUT2D eigenvalue weighted by molar-refractivity contribution is 5.22. The van der Waals surface area contributed by atoms with Gasteiger partial charge >= 0.3 is 0 Å². The second kappa shape index (κ2) is 5.74. The maximum atomic E-state index is 8.70. The van der Waals surface area contributed by atoms with Crippen molar-refractivity contribution in [3.05, 3.63) is 36.1 Å². The topological polar surface area (TPSA) is 29.5 Å². The molecule has 0 fully saturated rings. The number of aliphatic hydroxyl groups excluding tert-OH is 1. The Morgan fingerprint density at radius 3 is 2.55 bits per heavy atom. The molecule has 0 atom stereocenters. The highest BCUT2D eigenvalue weighted by atomic mass is 16.5. The van der Waals surface area contributed by atoms with Crippen LogP contribution in [0.2, 0.25) is 0 Å². The molecule has 0 aromatic rings. The Labute approximate surface area is 67.5 Å². The molecule has 2 heteroatoms. The number of hydrogen-bond donors (Lipinski definition) is 1. The number of allylic oxidation sites excluding steroid dienone is 3. The molecule has 1 N–H and O–H groups in total. The van der Waals surface area contributed by atoms with Crippen molar-refractivity contribution in [2.24, 2.45) is 0 Å². The maximum Gasteiger partial charge on any atom is 0.0924 e. The van der Waals surface area contributed by atoms with Crippen molar-refractivity contribution in [3.8, 4) is 0 Å². The number of hydrogen-bond acceptors (Lipinski definition) is 2. The molecular weight excluding hydrogens is 140 g/mol. The first-order valence-corrected chi connectivity index (χ1v) is 3.39. The standard InChI is InChI=1S/C9H14O2/c1-4-9(7-10)6-5-8(2)11-3/h4-6,10H,1,7H2,2-3H3/b8-5+,9-6+. The van der Waals surface area contributed by atoms with Crippen molar-refractivity contribution in [1.29, 1.82) is 0 Å². The highest BCUT2D eigenvalue weighted by Gasteiger charge is 1.85. The van der Waals surface area contributed by atoms with Gasteiger partial charge in [-0.05, 0) is 18.6 Å². The van der Waals surface area contributed by atoms with Crippen LogP contribution in [0.25, 0.3) is 0 Å². The first kappa shape index (κ1) is 9.98. The van der Waals surface area contributed by atoms with E-state index in [1.807, 2.05) is 6.92 Å². The van der Waals surface area contributed by atoms with Crippen LogP contribution in [0.3, 0.4) is 0 Å². The van der Waals surface area contributed by atoms with Crippen molar-refractivity contribution in [2.45, 2.75) is 6.92 Å². The van der Waals surface area contributed by atoms with Crippen LogP contribution in [-0.4, -0.2) is 18.8 Å². The Morgan fingerprint density at radius 2 is 2.18 bits per heavy atom. The summed E-state index contributed by atoms with van der Waals surface area (Å²) in [6.07, 6.45) is 5.17. The van der Waals surface area contributed by atoms with Crippen LogP contribution >= 0.6 is 0 Å². The summed E-state index contributed by atoms with van der Waals surface area (Å²) in [7, 11) is 1.60. The Balaban J connectivity index is 4.17. The Bertz CT molecular complexity index is 178. The van der Waals surface area contributed by atoms with Crippen LogP contribution in [0.5, 0.6) is 0 Å². The molecule has 0 amide bonds. The van der Waals surface area contributed by atoms with Crippen molar-refractivity contribution in [2.75, 3.05) is 13.7 Å². The third-order valence-electron chi connectivity index (χ3n) is 1.30. The first-order chi connectivity index (χ1) is 5.24. The van der Waals surface area contributed by atoms with Crippen LogP contribution in [0.15, 0.2) is 36.1 Å². The van der Waals surface area contributed by atoms with E-state index in [9.17, 15) is 0 Å². The lowest BCUT2D eigenvalue weighted by atomic mass is 10.2. The minimum atomic E-state index is 0.0109. The molecule has 0 radical (unpaired) electrons. The molecule has 0 spiro atoms. The molecule has 11 heavy (non-hydrogen) atoms. The fourth-order valence-corrected chi connectivity index (χ4v) is 0.478. The summed E-state index contributed by atoms with van der Waals surface area (Å²) in [6, 6.07) is 0. The highest BCUT2D eigenvalue weighted by Crippen LogP contribution is 1.98. The zero-order chi connectivity index (χ0) is 8.69. The van der Waals surface area contributed by atoms with Crippen LogP contribution in [-0.2, 0) is 4.74 Å². The van der Waals surface area contributed by atoms with Crippen molar-refractivity contribution < 1.29 is 9.84 Å². The number of rotatable bonds is 4. The van der Waals surface area contributed by atoms with Crippen LogP contribution in [0.1, 0.15) is 6.92 Å². The van der Waals surface area contributed by atoms with E-state index in [1.54, 1.807) is 25.3 Å². The molecular formula is C9H14O2. The summed E-state index contributed by atoms with van der Waals surface area (Å²) in [4.78, 5) is 0. The Morgan fingerprint density at radius 1 is 1.55 bits per heavy atom. The van der Waals surface area contributed by atoms with E-state index in [1.165, 1.54) is 0 Å². The molecule has 0 aliphatic rings. The van der Waals surface area contributed by atoms with Gasteiger partial charge in [0.1, 0.15) is 0 Å². The quantitative estimate of drug-likeness (QED) is 0.492. The van der Waals surface area contributed by atoms with Gasteiger partial charge in [-0.15, -0.1) is 0 Å². The average Bonchev–Trinajstić information content (AvgIpc) is 2.06. The molecule has 0 aromatic carbocycles. The normalized spacial score (nSPS) is 13.0. The van der Waals surface area contributed by atoms with Gasteiger partial charge in [0.05, 0.1) is 19.5 Å². The lowest BCUT2D eigenvalue weighted by Gasteiger charge is -1.96. The van der Waals surface area contributed by atoms with E-state index in [0.717, 1.165) is 11.3 Å². The minimum absolute atomic E-state index is 0.0109. The van der Waals surface area contributed by atoms with E-state index in [-0.39, 0.29) is 6.61 Å². The van der Waals surface area contributed by atoms with Gasteiger partial charge in [-0.2, -0.15) is 0 Å². The molecule has 62 valence electrons. The monoisotopic (exact) mass is 154 g/mol. The molecule has 0 unspecified atom stereocenters. The SMILES string of the molecule is C=C/C(=C\C=C(/C)OC)CO. The third kappa shape index (κ3) is 4.39. The molecule has 0 heterocycles. The molecule has 0 rings (SSSR count). The van der Waals surface area contributed by atoms with Gasteiger partial charge in [0, 0.05) is 0 Å². The van der Waals surface area contributed by atoms with Gasteiger partial charge in [0.15, 0.2) is 0 Å². The lowest BCUT2D eigenvalue weighted by molar-refractivity contribution is 0.293. The summed E-state index contributed by atoms with van der Waals surface area (Å²) in [6.45, 7) is 5.39. The summed E-state index contributed by atoms with van der Waals surface area (Å²) < 4.78 is 4.89. The zero-order valence-corrected chi connectivity index (χ0v) is 7.00.